The average Bonchev–Trinajstić information content (AvgIpc) is 2.72. The van der Waals surface area contributed by atoms with Crippen LogP contribution >= 0.6 is 0 Å². The highest BCUT2D eigenvalue weighted by molar-refractivity contribution is 7.88. The van der Waals surface area contributed by atoms with Gasteiger partial charge in [-0.1, -0.05) is 12.1 Å². The molecule has 7 heteroatoms. The minimum Gasteiger partial charge on any atom is -0.341 e. The van der Waals surface area contributed by atoms with Crippen molar-refractivity contribution >= 4 is 15.9 Å². The van der Waals surface area contributed by atoms with E-state index in [-0.39, 0.29) is 11.7 Å². The number of rotatable bonds is 4. The van der Waals surface area contributed by atoms with E-state index in [9.17, 15) is 17.6 Å². The normalized spacial score (nSPS) is 17.3. The first-order valence-corrected chi connectivity index (χ1v) is 9.18. The van der Waals surface area contributed by atoms with Crippen LogP contribution in [0.1, 0.15) is 18.4 Å². The quantitative estimate of drug-likeness (QED) is 0.836. The van der Waals surface area contributed by atoms with Gasteiger partial charge in [-0.2, -0.15) is 0 Å². The second-order valence-electron chi connectivity index (χ2n) is 5.52. The van der Waals surface area contributed by atoms with Gasteiger partial charge in [-0.05, 0) is 30.5 Å². The number of halogens is 1. The topological polar surface area (TPSA) is 57.7 Å². The van der Waals surface area contributed by atoms with Crippen molar-refractivity contribution in [1.82, 2.24) is 9.21 Å². The Morgan fingerprint density at radius 1 is 1.14 bits per heavy atom. The summed E-state index contributed by atoms with van der Waals surface area (Å²) in [7, 11) is -3.20. The first-order chi connectivity index (χ1) is 10.4. The zero-order valence-corrected chi connectivity index (χ0v) is 13.5. The molecule has 0 N–H and O–H groups in total. The fourth-order valence-corrected chi connectivity index (χ4v) is 3.41. The zero-order chi connectivity index (χ0) is 16.2. The summed E-state index contributed by atoms with van der Waals surface area (Å²) in [5.74, 6) is -0.275. The maximum absolute atomic E-state index is 12.8. The zero-order valence-electron chi connectivity index (χ0n) is 12.7. The number of carbonyl (C=O) groups is 1. The van der Waals surface area contributed by atoms with E-state index >= 15 is 0 Å². The van der Waals surface area contributed by atoms with Crippen LogP contribution in [0.15, 0.2) is 24.3 Å². The summed E-state index contributed by atoms with van der Waals surface area (Å²) in [6.07, 6.45) is 2.75. The average molecular weight is 328 g/mol. The molecule has 0 bridgehead atoms. The van der Waals surface area contributed by atoms with Crippen LogP contribution in [0.3, 0.4) is 0 Å². The lowest BCUT2D eigenvalue weighted by Crippen LogP contribution is -2.37. The summed E-state index contributed by atoms with van der Waals surface area (Å²) in [6.45, 7) is 1.81. The second-order valence-corrected chi connectivity index (χ2v) is 7.51. The molecule has 1 heterocycles. The monoisotopic (exact) mass is 328 g/mol. The Bertz CT molecular complexity index is 616. The Morgan fingerprint density at radius 3 is 2.45 bits per heavy atom. The Hall–Kier alpha value is -1.47. The molecule has 0 unspecified atom stereocenters. The Morgan fingerprint density at radius 2 is 1.82 bits per heavy atom. The Labute approximate surface area is 130 Å². The van der Waals surface area contributed by atoms with Crippen molar-refractivity contribution in [2.24, 2.45) is 0 Å². The molecular formula is C15H21FN2O3S. The van der Waals surface area contributed by atoms with E-state index in [0.29, 0.717) is 45.4 Å². The molecular weight excluding hydrogens is 307 g/mol. The molecule has 2 rings (SSSR count). The fraction of sp³-hybridized carbons (Fsp3) is 0.533. The largest absolute Gasteiger partial charge is 0.341 e. The number of hydrogen-bond donors (Lipinski definition) is 0. The first-order valence-electron chi connectivity index (χ1n) is 7.33. The van der Waals surface area contributed by atoms with Crippen molar-refractivity contribution in [3.8, 4) is 0 Å². The van der Waals surface area contributed by atoms with E-state index in [0.717, 1.165) is 5.56 Å². The van der Waals surface area contributed by atoms with Gasteiger partial charge in [-0.25, -0.2) is 17.1 Å². The van der Waals surface area contributed by atoms with Gasteiger partial charge in [-0.15, -0.1) is 0 Å². The maximum Gasteiger partial charge on any atom is 0.222 e. The number of aryl methyl sites for hydroxylation is 1. The summed E-state index contributed by atoms with van der Waals surface area (Å²) in [4.78, 5) is 13.9. The minimum absolute atomic E-state index is 0.0136. The maximum atomic E-state index is 12.8. The molecule has 1 aromatic rings. The molecule has 1 amide bonds. The number of hydrogen-bond acceptors (Lipinski definition) is 3. The van der Waals surface area contributed by atoms with Crippen LogP contribution in [0, 0.1) is 5.82 Å². The van der Waals surface area contributed by atoms with Crippen LogP contribution in [0.25, 0.3) is 0 Å². The molecule has 122 valence electrons. The summed E-state index contributed by atoms with van der Waals surface area (Å²) in [5, 5.41) is 0. The van der Waals surface area contributed by atoms with Crippen LogP contribution in [-0.2, 0) is 21.2 Å². The van der Waals surface area contributed by atoms with Crippen molar-refractivity contribution in [2.45, 2.75) is 19.3 Å². The SMILES string of the molecule is CS(=O)(=O)N1CCCN(C(=O)CCc2ccc(F)cc2)CC1. The van der Waals surface area contributed by atoms with E-state index in [4.69, 9.17) is 0 Å². The van der Waals surface area contributed by atoms with Crippen molar-refractivity contribution in [2.75, 3.05) is 32.4 Å². The van der Waals surface area contributed by atoms with E-state index in [1.54, 1.807) is 17.0 Å². The standard InChI is InChI=1S/C15H21FN2O3S/c1-22(20,21)18-10-2-9-17(11-12-18)15(19)8-5-13-3-6-14(16)7-4-13/h3-4,6-7H,2,5,8-12H2,1H3. The number of benzene rings is 1. The molecule has 0 spiro atoms. The molecule has 1 saturated heterocycles. The molecule has 0 saturated carbocycles. The van der Waals surface area contributed by atoms with Gasteiger partial charge in [0.25, 0.3) is 0 Å². The Kier molecular flexibility index (Phi) is 5.52. The number of carbonyl (C=O) groups excluding carboxylic acids is 1. The lowest BCUT2D eigenvalue weighted by atomic mass is 10.1. The molecule has 1 aliphatic rings. The summed E-state index contributed by atoms with van der Waals surface area (Å²) < 4.78 is 37.3. The number of sulfonamides is 1. The van der Waals surface area contributed by atoms with E-state index < -0.39 is 10.0 Å². The predicted molar refractivity (Wildman–Crippen MR) is 82.3 cm³/mol. The van der Waals surface area contributed by atoms with Crippen LogP contribution in [0.4, 0.5) is 4.39 Å². The van der Waals surface area contributed by atoms with Crippen molar-refractivity contribution in [1.29, 1.82) is 0 Å². The van der Waals surface area contributed by atoms with Gasteiger partial charge in [0.1, 0.15) is 5.82 Å². The Balaban J connectivity index is 1.86. The van der Waals surface area contributed by atoms with Gasteiger partial charge in [-0.3, -0.25) is 4.79 Å². The second kappa shape index (κ2) is 7.19. The third-order valence-electron chi connectivity index (χ3n) is 3.82. The minimum atomic E-state index is -3.20. The van der Waals surface area contributed by atoms with Crippen molar-refractivity contribution < 1.29 is 17.6 Å². The summed E-state index contributed by atoms with van der Waals surface area (Å²) in [5.41, 5.74) is 0.919. The van der Waals surface area contributed by atoms with Crippen LogP contribution in [0.2, 0.25) is 0 Å². The fourth-order valence-electron chi connectivity index (χ4n) is 2.54. The molecule has 5 nitrogen and oxygen atoms in total. The van der Waals surface area contributed by atoms with Gasteiger partial charge in [0.2, 0.25) is 15.9 Å². The molecule has 0 aliphatic carbocycles. The highest BCUT2D eigenvalue weighted by Gasteiger charge is 2.23. The molecule has 1 aromatic carbocycles. The molecule has 0 radical (unpaired) electrons. The van der Waals surface area contributed by atoms with Crippen LogP contribution in [-0.4, -0.2) is 56.0 Å². The molecule has 1 aliphatic heterocycles. The third kappa shape index (κ3) is 4.78. The van der Waals surface area contributed by atoms with Crippen molar-refractivity contribution in [3.63, 3.8) is 0 Å². The number of amides is 1. The lowest BCUT2D eigenvalue weighted by Gasteiger charge is -2.21. The highest BCUT2D eigenvalue weighted by Crippen LogP contribution is 2.11. The molecule has 0 atom stereocenters. The lowest BCUT2D eigenvalue weighted by molar-refractivity contribution is -0.131. The molecule has 1 fully saturated rings. The highest BCUT2D eigenvalue weighted by atomic mass is 32.2. The van der Waals surface area contributed by atoms with Gasteiger partial charge < -0.3 is 4.90 Å². The van der Waals surface area contributed by atoms with E-state index in [1.807, 2.05) is 0 Å². The van der Waals surface area contributed by atoms with Gasteiger partial charge in [0, 0.05) is 32.6 Å². The third-order valence-corrected chi connectivity index (χ3v) is 5.12. The predicted octanol–water partition coefficient (Wildman–Crippen LogP) is 1.25. The molecule has 0 aromatic heterocycles. The summed E-state index contributed by atoms with van der Waals surface area (Å²) in [6, 6.07) is 6.12. The van der Waals surface area contributed by atoms with E-state index in [2.05, 4.69) is 0 Å². The smallest absolute Gasteiger partial charge is 0.222 e. The van der Waals surface area contributed by atoms with Gasteiger partial charge in [0.05, 0.1) is 6.26 Å². The van der Waals surface area contributed by atoms with Gasteiger partial charge >= 0.3 is 0 Å². The van der Waals surface area contributed by atoms with Crippen LogP contribution in [0.5, 0.6) is 0 Å². The van der Waals surface area contributed by atoms with Gasteiger partial charge in [0.15, 0.2) is 0 Å². The number of nitrogens with zero attached hydrogens (tertiary/aromatic N) is 2. The van der Waals surface area contributed by atoms with Crippen molar-refractivity contribution in [3.05, 3.63) is 35.6 Å². The molecule has 22 heavy (non-hydrogen) atoms. The van der Waals surface area contributed by atoms with E-state index in [1.165, 1.54) is 22.7 Å². The summed E-state index contributed by atoms with van der Waals surface area (Å²) >= 11 is 0. The van der Waals surface area contributed by atoms with Crippen LogP contribution < -0.4 is 0 Å². The first kappa shape index (κ1) is 16.9.